The summed E-state index contributed by atoms with van der Waals surface area (Å²) >= 11 is 11.3. The first-order valence-electron chi connectivity index (χ1n) is 5.70. The number of esters is 1. The Labute approximate surface area is 126 Å². The van der Waals surface area contributed by atoms with E-state index in [9.17, 15) is 9.18 Å². The Morgan fingerprint density at radius 1 is 1.35 bits per heavy atom. The maximum Gasteiger partial charge on any atom is 0.344 e. The second kappa shape index (κ2) is 6.45. The van der Waals surface area contributed by atoms with E-state index in [1.54, 1.807) is 0 Å². The summed E-state index contributed by atoms with van der Waals surface area (Å²) in [6.07, 6.45) is 0. The highest BCUT2D eigenvalue weighted by Gasteiger charge is 2.18. The van der Waals surface area contributed by atoms with Gasteiger partial charge >= 0.3 is 5.97 Å². The number of aromatic nitrogens is 1. The van der Waals surface area contributed by atoms with Crippen LogP contribution in [0.4, 0.5) is 10.1 Å². The Kier molecular flexibility index (Phi) is 5.42. The van der Waals surface area contributed by atoms with Crippen molar-refractivity contribution in [1.82, 2.24) is 4.98 Å². The number of halogens is 3. The SMILES string of the molecule is CC(C)(C)COC(=O)COc1nc(F)c(Cl)c(N)c1Cl. The third-order valence-corrected chi connectivity index (χ3v) is 2.76. The zero-order chi connectivity index (χ0) is 15.5. The number of hydrogen-bond donors (Lipinski definition) is 1. The molecule has 0 radical (unpaired) electrons. The molecule has 5 nitrogen and oxygen atoms in total. The smallest absolute Gasteiger partial charge is 0.344 e. The second-order valence-corrected chi connectivity index (χ2v) is 6.02. The van der Waals surface area contributed by atoms with Crippen LogP contribution in [0.5, 0.6) is 5.88 Å². The zero-order valence-electron chi connectivity index (χ0n) is 11.3. The Balaban J connectivity index is 2.65. The van der Waals surface area contributed by atoms with Crippen LogP contribution in [-0.2, 0) is 9.53 Å². The van der Waals surface area contributed by atoms with E-state index < -0.39 is 23.5 Å². The monoisotopic (exact) mass is 324 g/mol. The van der Waals surface area contributed by atoms with Crippen LogP contribution >= 0.6 is 23.2 Å². The third-order valence-electron chi connectivity index (χ3n) is 2.03. The van der Waals surface area contributed by atoms with Crippen molar-refractivity contribution in [3.8, 4) is 5.88 Å². The largest absolute Gasteiger partial charge is 0.464 e. The average Bonchev–Trinajstić information content (AvgIpc) is 2.35. The van der Waals surface area contributed by atoms with Gasteiger partial charge in [-0.2, -0.15) is 9.37 Å². The fourth-order valence-corrected chi connectivity index (χ4v) is 1.45. The lowest BCUT2D eigenvalue weighted by Crippen LogP contribution is -2.22. The molecule has 0 saturated heterocycles. The summed E-state index contributed by atoms with van der Waals surface area (Å²) in [6, 6.07) is 0. The van der Waals surface area contributed by atoms with E-state index in [4.69, 9.17) is 38.4 Å². The number of carbonyl (C=O) groups is 1. The molecule has 1 heterocycles. The number of anilines is 1. The van der Waals surface area contributed by atoms with E-state index in [2.05, 4.69) is 4.98 Å². The number of hydrogen-bond acceptors (Lipinski definition) is 5. The number of pyridine rings is 1. The maximum absolute atomic E-state index is 13.3. The van der Waals surface area contributed by atoms with Crippen LogP contribution in [0.3, 0.4) is 0 Å². The minimum Gasteiger partial charge on any atom is -0.464 e. The van der Waals surface area contributed by atoms with Crippen molar-refractivity contribution in [1.29, 1.82) is 0 Å². The second-order valence-electron chi connectivity index (χ2n) is 5.26. The molecule has 8 heteroatoms. The molecule has 112 valence electrons. The van der Waals surface area contributed by atoms with Gasteiger partial charge in [0.25, 0.3) is 0 Å². The van der Waals surface area contributed by atoms with Gasteiger partial charge < -0.3 is 15.2 Å². The topological polar surface area (TPSA) is 74.4 Å². The van der Waals surface area contributed by atoms with Crippen molar-refractivity contribution in [2.75, 3.05) is 18.9 Å². The highest BCUT2D eigenvalue weighted by atomic mass is 35.5. The minimum atomic E-state index is -1.02. The van der Waals surface area contributed by atoms with Crippen LogP contribution in [0.1, 0.15) is 20.8 Å². The summed E-state index contributed by atoms with van der Waals surface area (Å²) in [7, 11) is 0. The Hall–Kier alpha value is -1.27. The Bertz CT molecular complexity index is 518. The zero-order valence-corrected chi connectivity index (χ0v) is 12.8. The molecule has 0 unspecified atom stereocenters. The van der Waals surface area contributed by atoms with E-state index in [-0.39, 0.29) is 28.6 Å². The summed E-state index contributed by atoms with van der Waals surface area (Å²) in [5.41, 5.74) is 5.11. The van der Waals surface area contributed by atoms with Crippen LogP contribution in [0.15, 0.2) is 0 Å². The molecular formula is C12H15Cl2FN2O3. The number of nitrogen functional groups attached to an aromatic ring is 1. The van der Waals surface area contributed by atoms with Crippen molar-refractivity contribution >= 4 is 34.9 Å². The quantitative estimate of drug-likeness (QED) is 0.680. The van der Waals surface area contributed by atoms with Gasteiger partial charge in [-0.1, -0.05) is 44.0 Å². The number of rotatable bonds is 4. The highest BCUT2D eigenvalue weighted by molar-refractivity contribution is 6.39. The molecule has 0 amide bonds. The number of carbonyl (C=O) groups excluding carboxylic acids is 1. The van der Waals surface area contributed by atoms with Gasteiger partial charge in [-0.25, -0.2) is 4.79 Å². The van der Waals surface area contributed by atoms with E-state index in [0.29, 0.717) is 0 Å². The van der Waals surface area contributed by atoms with Gasteiger partial charge in [0, 0.05) is 0 Å². The molecule has 1 aromatic heterocycles. The van der Waals surface area contributed by atoms with Crippen LogP contribution < -0.4 is 10.5 Å². The Morgan fingerprint density at radius 2 is 1.95 bits per heavy atom. The standard InChI is InChI=1S/C12H15Cl2FN2O3/c1-12(2,3)5-20-6(18)4-19-11-8(14)9(16)7(13)10(15)17-11/h4-5H2,1-3H3,(H2,16,17). The lowest BCUT2D eigenvalue weighted by atomic mass is 9.99. The van der Waals surface area contributed by atoms with Crippen molar-refractivity contribution < 1.29 is 18.7 Å². The molecule has 0 atom stereocenters. The lowest BCUT2D eigenvalue weighted by molar-refractivity contribution is -0.148. The molecule has 0 spiro atoms. The molecule has 2 N–H and O–H groups in total. The molecule has 0 aromatic carbocycles. The summed E-state index contributed by atoms with van der Waals surface area (Å²) < 4.78 is 23.2. The van der Waals surface area contributed by atoms with Gasteiger partial charge in [-0.3, -0.25) is 0 Å². The first kappa shape index (κ1) is 16.8. The first-order valence-corrected chi connectivity index (χ1v) is 6.46. The van der Waals surface area contributed by atoms with Crippen molar-refractivity contribution in [3.05, 3.63) is 16.0 Å². The fourth-order valence-electron chi connectivity index (χ4n) is 1.07. The Morgan fingerprint density at radius 3 is 2.50 bits per heavy atom. The van der Waals surface area contributed by atoms with Crippen molar-refractivity contribution in [2.24, 2.45) is 5.41 Å². The average molecular weight is 325 g/mol. The number of ether oxygens (including phenoxy) is 2. The molecular weight excluding hydrogens is 310 g/mol. The van der Waals surface area contributed by atoms with E-state index in [0.717, 1.165) is 0 Å². The predicted molar refractivity (Wildman–Crippen MR) is 74.5 cm³/mol. The summed E-state index contributed by atoms with van der Waals surface area (Å²) in [5.74, 6) is -1.95. The first-order chi connectivity index (χ1) is 9.11. The van der Waals surface area contributed by atoms with Gasteiger partial charge in [0.15, 0.2) is 6.61 Å². The molecule has 20 heavy (non-hydrogen) atoms. The van der Waals surface area contributed by atoms with E-state index >= 15 is 0 Å². The molecule has 0 aliphatic carbocycles. The summed E-state index contributed by atoms with van der Waals surface area (Å²) in [5, 5.41) is -0.544. The highest BCUT2D eigenvalue weighted by Crippen LogP contribution is 2.35. The van der Waals surface area contributed by atoms with Gasteiger partial charge in [0.1, 0.15) is 10.0 Å². The van der Waals surface area contributed by atoms with Gasteiger partial charge in [0.2, 0.25) is 11.8 Å². The van der Waals surface area contributed by atoms with Gasteiger partial charge in [-0.15, -0.1) is 0 Å². The third kappa shape index (κ3) is 4.68. The molecule has 0 aliphatic heterocycles. The lowest BCUT2D eigenvalue weighted by Gasteiger charge is -2.17. The van der Waals surface area contributed by atoms with Gasteiger partial charge in [0.05, 0.1) is 12.3 Å². The minimum absolute atomic E-state index is 0.153. The van der Waals surface area contributed by atoms with E-state index in [1.807, 2.05) is 20.8 Å². The van der Waals surface area contributed by atoms with Gasteiger partial charge in [-0.05, 0) is 5.41 Å². The maximum atomic E-state index is 13.3. The van der Waals surface area contributed by atoms with Crippen molar-refractivity contribution in [2.45, 2.75) is 20.8 Å². The van der Waals surface area contributed by atoms with Crippen LogP contribution in [-0.4, -0.2) is 24.2 Å². The van der Waals surface area contributed by atoms with Crippen LogP contribution in [0.2, 0.25) is 10.0 Å². The molecule has 1 aromatic rings. The molecule has 1 rings (SSSR count). The molecule has 0 saturated carbocycles. The molecule has 0 fully saturated rings. The predicted octanol–water partition coefficient (Wildman–Crippen LogP) is 3.08. The number of nitrogens with zero attached hydrogens (tertiary/aromatic N) is 1. The molecule has 0 bridgehead atoms. The fraction of sp³-hybridized carbons (Fsp3) is 0.500. The van der Waals surface area contributed by atoms with Crippen LogP contribution in [0.25, 0.3) is 0 Å². The summed E-state index contributed by atoms with van der Waals surface area (Å²) in [6.45, 7) is 5.51. The number of nitrogens with two attached hydrogens (primary N) is 1. The van der Waals surface area contributed by atoms with Crippen LogP contribution in [0, 0.1) is 11.4 Å². The van der Waals surface area contributed by atoms with Crippen molar-refractivity contribution in [3.63, 3.8) is 0 Å². The summed E-state index contributed by atoms with van der Waals surface area (Å²) in [4.78, 5) is 14.8. The normalized spacial score (nSPS) is 11.3. The molecule has 0 aliphatic rings. The van der Waals surface area contributed by atoms with E-state index in [1.165, 1.54) is 0 Å².